The zero-order valence-corrected chi connectivity index (χ0v) is 28.2. The molecule has 0 radical (unpaired) electrons. The van der Waals surface area contributed by atoms with Crippen molar-refractivity contribution in [3.63, 3.8) is 0 Å². The molecule has 0 aliphatic rings. The van der Waals surface area contributed by atoms with Crippen LogP contribution in [0, 0.1) is 0 Å². The summed E-state index contributed by atoms with van der Waals surface area (Å²) < 4.78 is 55.7. The van der Waals surface area contributed by atoms with Gasteiger partial charge in [0.2, 0.25) is 11.7 Å². The minimum atomic E-state index is -4.61. The molecule has 49 heavy (non-hydrogen) atoms. The standard InChI is InChI=1S/C35H31ClF3N3O6S/c1-20(32(43)41-27-18-23(35(37,38)39)13-14-26(27)36)49-25-12-8-11-24(19-25)40-34(45)28(42-33(44)22-9-6-5-7-10-22)15-21-16-29(46-2)31(48-4)30(17-21)47-3/h5-20H,1-4H3,(H,40,45)(H,41,43)(H,42,44)/b28-15+. The van der Waals surface area contributed by atoms with Crippen LogP contribution in [-0.2, 0) is 15.8 Å². The lowest BCUT2D eigenvalue weighted by Crippen LogP contribution is -2.30. The fourth-order valence-corrected chi connectivity index (χ4v) is 5.52. The number of alkyl halides is 3. The minimum Gasteiger partial charge on any atom is -0.493 e. The second kappa shape index (κ2) is 16.3. The number of anilines is 2. The molecule has 3 N–H and O–H groups in total. The first kappa shape index (κ1) is 36.7. The van der Waals surface area contributed by atoms with Crippen LogP contribution in [0.25, 0.3) is 6.08 Å². The molecule has 0 bridgehead atoms. The van der Waals surface area contributed by atoms with Crippen LogP contribution >= 0.6 is 23.4 Å². The van der Waals surface area contributed by atoms with E-state index in [-0.39, 0.29) is 16.4 Å². The summed E-state index contributed by atoms with van der Waals surface area (Å²) in [5.41, 5.74) is -0.102. The van der Waals surface area contributed by atoms with E-state index in [0.29, 0.717) is 39.0 Å². The van der Waals surface area contributed by atoms with Crippen LogP contribution in [-0.4, -0.2) is 44.3 Å². The molecule has 0 heterocycles. The molecule has 1 unspecified atom stereocenters. The molecule has 0 spiro atoms. The highest BCUT2D eigenvalue weighted by Crippen LogP contribution is 2.39. The first-order valence-corrected chi connectivity index (χ1v) is 15.7. The van der Waals surface area contributed by atoms with E-state index >= 15 is 0 Å². The van der Waals surface area contributed by atoms with E-state index in [9.17, 15) is 27.6 Å². The summed E-state index contributed by atoms with van der Waals surface area (Å²) in [6.07, 6.45) is -3.16. The van der Waals surface area contributed by atoms with Crippen molar-refractivity contribution in [2.75, 3.05) is 32.0 Å². The molecule has 0 fully saturated rings. The molecule has 4 aromatic rings. The molecule has 4 rings (SSSR count). The van der Waals surface area contributed by atoms with Gasteiger partial charge in [-0.15, -0.1) is 11.8 Å². The second-order valence-corrected chi connectivity index (χ2v) is 12.1. The number of nitrogens with one attached hydrogen (secondary N) is 3. The van der Waals surface area contributed by atoms with E-state index < -0.39 is 34.7 Å². The highest BCUT2D eigenvalue weighted by molar-refractivity contribution is 8.00. The topological polar surface area (TPSA) is 115 Å². The van der Waals surface area contributed by atoms with Crippen LogP contribution in [0.3, 0.4) is 0 Å². The largest absolute Gasteiger partial charge is 0.493 e. The van der Waals surface area contributed by atoms with E-state index in [1.807, 2.05) is 0 Å². The van der Waals surface area contributed by atoms with Gasteiger partial charge in [-0.25, -0.2) is 0 Å². The maximum Gasteiger partial charge on any atom is 0.416 e. The van der Waals surface area contributed by atoms with E-state index in [2.05, 4.69) is 16.0 Å². The number of amides is 3. The Balaban J connectivity index is 1.56. The average molecular weight is 714 g/mol. The second-order valence-electron chi connectivity index (χ2n) is 10.3. The van der Waals surface area contributed by atoms with Crippen LogP contribution in [0.2, 0.25) is 5.02 Å². The van der Waals surface area contributed by atoms with Crippen molar-refractivity contribution in [1.82, 2.24) is 5.32 Å². The summed E-state index contributed by atoms with van der Waals surface area (Å²) >= 11 is 7.14. The Bertz CT molecular complexity index is 1850. The lowest BCUT2D eigenvalue weighted by molar-refractivity contribution is -0.137. The number of hydrogen-bond donors (Lipinski definition) is 3. The molecule has 256 valence electrons. The number of methoxy groups -OCH3 is 3. The van der Waals surface area contributed by atoms with Gasteiger partial charge in [-0.1, -0.05) is 35.9 Å². The molecule has 14 heteroatoms. The smallest absolute Gasteiger partial charge is 0.416 e. The molecule has 4 aromatic carbocycles. The molecule has 0 aromatic heterocycles. The molecule has 1 atom stereocenters. The van der Waals surface area contributed by atoms with Crippen molar-refractivity contribution in [3.05, 3.63) is 112 Å². The number of hydrogen-bond acceptors (Lipinski definition) is 7. The van der Waals surface area contributed by atoms with E-state index in [0.717, 1.165) is 30.0 Å². The molecule has 0 saturated carbocycles. The van der Waals surface area contributed by atoms with Crippen LogP contribution in [0.4, 0.5) is 24.5 Å². The van der Waals surface area contributed by atoms with Crippen molar-refractivity contribution in [3.8, 4) is 17.2 Å². The predicted octanol–water partition coefficient (Wildman–Crippen LogP) is 7.91. The van der Waals surface area contributed by atoms with Crippen molar-refractivity contribution in [1.29, 1.82) is 0 Å². The number of thioether (sulfide) groups is 1. The van der Waals surface area contributed by atoms with Crippen molar-refractivity contribution < 1.29 is 41.8 Å². The normalized spacial score (nSPS) is 12.0. The Morgan fingerprint density at radius 2 is 1.51 bits per heavy atom. The summed E-state index contributed by atoms with van der Waals surface area (Å²) in [4.78, 5) is 40.2. The van der Waals surface area contributed by atoms with Crippen LogP contribution < -0.4 is 30.2 Å². The van der Waals surface area contributed by atoms with Gasteiger partial charge in [0.15, 0.2) is 11.5 Å². The summed E-state index contributed by atoms with van der Waals surface area (Å²) in [6, 6.07) is 20.8. The van der Waals surface area contributed by atoms with Gasteiger partial charge in [0.1, 0.15) is 5.70 Å². The molecular weight excluding hydrogens is 683 g/mol. The van der Waals surface area contributed by atoms with Gasteiger partial charge in [-0.05, 0) is 79.2 Å². The number of ether oxygens (including phenoxy) is 3. The fourth-order valence-electron chi connectivity index (χ4n) is 4.43. The number of halogens is 4. The van der Waals surface area contributed by atoms with E-state index in [1.54, 1.807) is 73.7 Å². The van der Waals surface area contributed by atoms with Crippen LogP contribution in [0.5, 0.6) is 17.2 Å². The van der Waals surface area contributed by atoms with Gasteiger partial charge in [0.05, 0.1) is 42.9 Å². The maximum absolute atomic E-state index is 13.6. The SMILES string of the molecule is COc1cc(/C=C(/NC(=O)c2ccccc2)C(=O)Nc2cccc(SC(C)C(=O)Nc3cc(C(F)(F)F)ccc3Cl)c2)cc(OC)c1OC. The van der Waals surface area contributed by atoms with Crippen LogP contribution in [0.15, 0.2) is 95.5 Å². The quantitative estimate of drug-likeness (QED) is 0.101. The third-order valence-electron chi connectivity index (χ3n) is 6.85. The third kappa shape index (κ3) is 9.71. The predicted molar refractivity (Wildman–Crippen MR) is 183 cm³/mol. The number of carbonyl (C=O) groups is 3. The fraction of sp³-hybridized carbons (Fsp3) is 0.171. The molecule has 0 aliphatic carbocycles. The summed E-state index contributed by atoms with van der Waals surface area (Å²) in [5, 5.41) is 7.07. The Morgan fingerprint density at radius 3 is 2.12 bits per heavy atom. The number of carbonyl (C=O) groups excluding carboxylic acids is 3. The summed E-state index contributed by atoms with van der Waals surface area (Å²) in [7, 11) is 4.36. The van der Waals surface area contributed by atoms with Crippen LogP contribution in [0.1, 0.15) is 28.4 Å². The molecule has 9 nitrogen and oxygen atoms in total. The van der Waals surface area contributed by atoms with Crippen molar-refractivity contribution in [2.45, 2.75) is 23.2 Å². The van der Waals surface area contributed by atoms with Gasteiger partial charge in [-0.3, -0.25) is 14.4 Å². The Labute approximate surface area is 289 Å². The molecule has 3 amide bonds. The summed E-state index contributed by atoms with van der Waals surface area (Å²) in [5.74, 6) is -0.762. The molecular formula is C35H31ClF3N3O6S. The number of benzene rings is 4. The molecule has 0 saturated heterocycles. The van der Waals surface area contributed by atoms with E-state index in [1.165, 1.54) is 27.4 Å². The van der Waals surface area contributed by atoms with Gasteiger partial charge in [0, 0.05) is 16.1 Å². The van der Waals surface area contributed by atoms with Crippen molar-refractivity contribution >= 4 is 58.5 Å². The zero-order valence-electron chi connectivity index (χ0n) is 26.6. The van der Waals surface area contributed by atoms with Gasteiger partial charge in [0.25, 0.3) is 11.8 Å². The van der Waals surface area contributed by atoms with Crippen molar-refractivity contribution in [2.24, 2.45) is 0 Å². The Morgan fingerprint density at radius 1 is 0.837 bits per heavy atom. The monoisotopic (exact) mass is 713 g/mol. The highest BCUT2D eigenvalue weighted by atomic mass is 35.5. The lowest BCUT2D eigenvalue weighted by Gasteiger charge is -2.16. The Kier molecular flexibility index (Phi) is 12.2. The minimum absolute atomic E-state index is 0.0435. The third-order valence-corrected chi connectivity index (χ3v) is 8.28. The average Bonchev–Trinajstić information content (AvgIpc) is 3.08. The Hall–Kier alpha value is -5.14. The highest BCUT2D eigenvalue weighted by Gasteiger charge is 2.31. The van der Waals surface area contributed by atoms with E-state index in [4.69, 9.17) is 25.8 Å². The lowest BCUT2D eigenvalue weighted by atomic mass is 10.1. The first-order valence-electron chi connectivity index (χ1n) is 14.5. The zero-order chi connectivity index (χ0) is 35.7. The summed E-state index contributed by atoms with van der Waals surface area (Å²) in [6.45, 7) is 1.57. The van der Waals surface area contributed by atoms with Gasteiger partial charge < -0.3 is 30.2 Å². The molecule has 0 aliphatic heterocycles. The van der Waals surface area contributed by atoms with Gasteiger partial charge in [-0.2, -0.15) is 13.2 Å². The van der Waals surface area contributed by atoms with Gasteiger partial charge >= 0.3 is 6.18 Å². The maximum atomic E-state index is 13.6. The number of rotatable bonds is 12. The first-order chi connectivity index (χ1) is 23.3.